The van der Waals surface area contributed by atoms with Crippen LogP contribution in [0.5, 0.6) is 0 Å². The molecule has 0 aliphatic carbocycles. The molecule has 2 aliphatic heterocycles. The Morgan fingerprint density at radius 3 is 2.30 bits per heavy atom. The Bertz CT molecular complexity index is 962. The van der Waals surface area contributed by atoms with E-state index in [-0.39, 0.29) is 17.2 Å². The second-order valence-electron chi connectivity index (χ2n) is 8.42. The summed E-state index contributed by atoms with van der Waals surface area (Å²) < 4.78 is 62.7. The summed E-state index contributed by atoms with van der Waals surface area (Å²) in [7, 11) is -1.56. The van der Waals surface area contributed by atoms with Crippen LogP contribution in [0.15, 0.2) is 18.5 Å². The van der Waals surface area contributed by atoms with Gasteiger partial charge in [0.25, 0.3) is 5.91 Å². The highest BCUT2D eigenvalue weighted by Gasteiger charge is 2.50. The molecular weight excluding hydrogens is 467 g/mol. The number of carbonyl (C=O) groups excluding carboxylic acids is 1. The molecule has 1 aromatic heterocycles. The van der Waals surface area contributed by atoms with Crippen molar-refractivity contribution in [1.82, 2.24) is 14.2 Å². The normalized spacial score (nSPS) is 20.9. The molecule has 186 valence electrons. The van der Waals surface area contributed by atoms with E-state index in [4.69, 9.17) is 14.6 Å². The third-order valence-corrected chi connectivity index (χ3v) is 7.25. The first-order valence-corrected chi connectivity index (χ1v) is 12.0. The average molecular weight is 496 g/mol. The number of rotatable bonds is 4. The van der Waals surface area contributed by atoms with Crippen LogP contribution < -0.4 is 0 Å². The van der Waals surface area contributed by atoms with Crippen molar-refractivity contribution < 1.29 is 41.0 Å². The topological polar surface area (TPSA) is 117 Å². The van der Waals surface area contributed by atoms with Crippen molar-refractivity contribution in [3.63, 3.8) is 0 Å². The van der Waals surface area contributed by atoms with Crippen LogP contribution in [0.3, 0.4) is 0 Å². The SMILES string of the molecule is COCC1CN(S(C)(=O)=O)CC12CCN(C(=O)c1cncc(C)c1)CC2.O=C(O)C(F)(F)F. The van der Waals surface area contributed by atoms with E-state index >= 15 is 0 Å². The maximum atomic E-state index is 12.7. The molecule has 9 nitrogen and oxygen atoms in total. The summed E-state index contributed by atoms with van der Waals surface area (Å²) in [4.78, 5) is 27.6. The molecular formula is C20H28F3N3O6S. The van der Waals surface area contributed by atoms with Gasteiger partial charge in [0.1, 0.15) is 0 Å². The molecule has 13 heteroatoms. The maximum Gasteiger partial charge on any atom is 0.490 e. The van der Waals surface area contributed by atoms with E-state index in [1.165, 1.54) is 6.26 Å². The number of amides is 1. The fraction of sp³-hybridized carbons (Fsp3) is 0.650. The first-order chi connectivity index (χ1) is 15.2. The fourth-order valence-electron chi connectivity index (χ4n) is 4.24. The molecule has 33 heavy (non-hydrogen) atoms. The van der Waals surface area contributed by atoms with Gasteiger partial charge in [0, 0.05) is 51.6 Å². The molecule has 2 aliphatic rings. The number of sulfonamides is 1. The van der Waals surface area contributed by atoms with Gasteiger partial charge < -0.3 is 14.7 Å². The highest BCUT2D eigenvalue weighted by Crippen LogP contribution is 2.45. The van der Waals surface area contributed by atoms with Gasteiger partial charge in [0.05, 0.1) is 18.4 Å². The smallest absolute Gasteiger partial charge is 0.475 e. The summed E-state index contributed by atoms with van der Waals surface area (Å²) in [6.45, 7) is 4.75. The summed E-state index contributed by atoms with van der Waals surface area (Å²) >= 11 is 0. The lowest BCUT2D eigenvalue weighted by atomic mass is 9.71. The lowest BCUT2D eigenvalue weighted by molar-refractivity contribution is -0.192. The number of pyridine rings is 1. The van der Waals surface area contributed by atoms with Gasteiger partial charge in [-0.3, -0.25) is 9.78 Å². The van der Waals surface area contributed by atoms with Gasteiger partial charge in [-0.2, -0.15) is 13.2 Å². The Morgan fingerprint density at radius 2 is 1.85 bits per heavy atom. The third-order valence-electron chi connectivity index (χ3n) is 6.03. The van der Waals surface area contributed by atoms with Gasteiger partial charge in [-0.25, -0.2) is 17.5 Å². The van der Waals surface area contributed by atoms with Crippen LogP contribution >= 0.6 is 0 Å². The van der Waals surface area contributed by atoms with E-state index in [2.05, 4.69) is 4.98 Å². The summed E-state index contributed by atoms with van der Waals surface area (Å²) in [6, 6.07) is 1.86. The molecule has 1 spiro atoms. The van der Waals surface area contributed by atoms with E-state index < -0.39 is 22.2 Å². The predicted molar refractivity (Wildman–Crippen MR) is 112 cm³/mol. The largest absolute Gasteiger partial charge is 0.490 e. The molecule has 0 aromatic carbocycles. The highest BCUT2D eigenvalue weighted by atomic mass is 32.2. The second kappa shape index (κ2) is 10.3. The van der Waals surface area contributed by atoms with Crippen LogP contribution in [-0.2, 0) is 19.6 Å². The number of carbonyl (C=O) groups is 2. The van der Waals surface area contributed by atoms with Crippen LogP contribution in [0.25, 0.3) is 0 Å². The quantitative estimate of drug-likeness (QED) is 0.677. The molecule has 1 atom stereocenters. The van der Waals surface area contributed by atoms with Gasteiger partial charge >= 0.3 is 12.1 Å². The number of methoxy groups -OCH3 is 1. The zero-order chi connectivity index (χ0) is 25.0. The lowest BCUT2D eigenvalue weighted by Gasteiger charge is -2.42. The van der Waals surface area contributed by atoms with E-state index in [1.54, 1.807) is 23.8 Å². The minimum absolute atomic E-state index is 0.00249. The van der Waals surface area contributed by atoms with Crippen molar-refractivity contribution in [1.29, 1.82) is 0 Å². The number of piperidine rings is 1. The number of hydrogen-bond acceptors (Lipinski definition) is 6. The number of likely N-dealkylation sites (tertiary alicyclic amines) is 1. The minimum Gasteiger partial charge on any atom is -0.475 e. The molecule has 0 bridgehead atoms. The van der Waals surface area contributed by atoms with Crippen LogP contribution in [0.2, 0.25) is 0 Å². The molecule has 2 fully saturated rings. The van der Waals surface area contributed by atoms with Crippen LogP contribution in [-0.4, -0.2) is 91.9 Å². The molecule has 3 heterocycles. The van der Waals surface area contributed by atoms with E-state index in [1.807, 2.05) is 17.9 Å². The van der Waals surface area contributed by atoms with Crippen LogP contribution in [0.4, 0.5) is 13.2 Å². The van der Waals surface area contributed by atoms with Crippen molar-refractivity contribution in [3.05, 3.63) is 29.6 Å². The number of alkyl halides is 3. The van der Waals surface area contributed by atoms with Crippen molar-refractivity contribution in [3.8, 4) is 0 Å². The first-order valence-electron chi connectivity index (χ1n) is 10.1. The van der Waals surface area contributed by atoms with Crippen LogP contribution in [0.1, 0.15) is 28.8 Å². The number of nitrogens with zero attached hydrogens (tertiary/aromatic N) is 3. The average Bonchev–Trinajstić information content (AvgIpc) is 3.06. The molecule has 0 radical (unpaired) electrons. The molecule has 1 unspecified atom stereocenters. The number of aryl methyl sites for hydroxylation is 1. The highest BCUT2D eigenvalue weighted by molar-refractivity contribution is 7.88. The first kappa shape index (κ1) is 27.0. The summed E-state index contributed by atoms with van der Waals surface area (Å²) in [5.74, 6) is -2.59. The lowest BCUT2D eigenvalue weighted by Crippen LogP contribution is -2.47. The molecule has 1 amide bonds. The summed E-state index contributed by atoms with van der Waals surface area (Å²) in [5, 5.41) is 7.12. The van der Waals surface area contributed by atoms with Crippen molar-refractivity contribution in [2.24, 2.45) is 11.3 Å². The Kier molecular flexibility index (Phi) is 8.47. The van der Waals surface area contributed by atoms with E-state index in [0.717, 1.165) is 18.4 Å². The number of aromatic nitrogens is 1. The Morgan fingerprint density at radius 1 is 1.27 bits per heavy atom. The van der Waals surface area contributed by atoms with Crippen molar-refractivity contribution >= 4 is 21.9 Å². The minimum atomic E-state index is -5.08. The molecule has 0 saturated carbocycles. The zero-order valence-corrected chi connectivity index (χ0v) is 19.4. The third kappa shape index (κ3) is 6.87. The number of carboxylic acid groups (broad SMARTS) is 1. The monoisotopic (exact) mass is 495 g/mol. The fourth-order valence-corrected chi connectivity index (χ4v) is 5.19. The van der Waals surface area contributed by atoms with Crippen molar-refractivity contribution in [2.75, 3.05) is 46.2 Å². The van der Waals surface area contributed by atoms with Gasteiger partial charge in [-0.1, -0.05) is 0 Å². The van der Waals surface area contributed by atoms with E-state index in [0.29, 0.717) is 38.3 Å². The van der Waals surface area contributed by atoms with Gasteiger partial charge in [0.15, 0.2) is 0 Å². The Hall–Kier alpha value is -2.25. The standard InChI is InChI=1S/C18H27N3O4S.C2HF3O2/c1-14-8-15(10-19-9-14)17(22)20-6-4-18(5-7-20)13-21(26(3,23)24)11-16(18)12-25-2;3-2(4,5)1(6)7/h8-10,16H,4-7,11-13H2,1-3H3;(H,6,7). The second-order valence-corrected chi connectivity index (χ2v) is 10.4. The molecule has 1 N–H and O–H groups in total. The molecule has 1 aromatic rings. The predicted octanol–water partition coefficient (Wildman–Crippen LogP) is 1.78. The zero-order valence-electron chi connectivity index (χ0n) is 18.6. The molecule has 3 rings (SSSR count). The van der Waals surface area contributed by atoms with Gasteiger partial charge in [0.2, 0.25) is 10.0 Å². The number of ether oxygens (including phenoxy) is 1. The summed E-state index contributed by atoms with van der Waals surface area (Å²) in [6.07, 6.45) is 1.10. The summed E-state index contributed by atoms with van der Waals surface area (Å²) in [5.41, 5.74) is 1.46. The number of carboxylic acids is 1. The van der Waals surface area contributed by atoms with Crippen molar-refractivity contribution in [2.45, 2.75) is 25.9 Å². The van der Waals surface area contributed by atoms with Crippen LogP contribution in [0, 0.1) is 18.3 Å². The number of halogens is 3. The van der Waals surface area contributed by atoms with Gasteiger partial charge in [-0.15, -0.1) is 0 Å². The molecule has 2 saturated heterocycles. The number of hydrogen-bond donors (Lipinski definition) is 1. The van der Waals surface area contributed by atoms with Gasteiger partial charge in [-0.05, 0) is 36.8 Å². The van der Waals surface area contributed by atoms with E-state index in [9.17, 15) is 26.4 Å². The Labute approximate surface area is 190 Å². The number of aliphatic carboxylic acids is 1. The maximum absolute atomic E-state index is 12.7. The Balaban J connectivity index is 0.000000479.